The number of esters is 2. The summed E-state index contributed by atoms with van der Waals surface area (Å²) in [5.74, 6) is -2.62. The van der Waals surface area contributed by atoms with Crippen molar-refractivity contribution >= 4 is 11.9 Å². The van der Waals surface area contributed by atoms with Gasteiger partial charge in [0.25, 0.3) is 0 Å². The highest BCUT2D eigenvalue weighted by atomic mass is 16.8. The lowest BCUT2D eigenvalue weighted by molar-refractivity contribution is -0.398. The maximum Gasteiger partial charge on any atom is 0.314 e. The molecular weight excluding hydrogens is 1940 g/mol. The summed E-state index contributed by atoms with van der Waals surface area (Å²) in [6.07, 6.45) is -70.4. The number of carbonyl (C=O) groups excluding carboxylic acids is 2. The predicted molar refractivity (Wildman–Crippen MR) is 471 cm³/mol. The Morgan fingerprint density at radius 2 is 0.510 bits per heavy atom. The van der Waals surface area contributed by atoms with Gasteiger partial charge in [0.1, 0.15) is 214 Å². The standard InChI is InChI=1S/C50H80O28.C44H70O23/c1-17-10-50-8-5-25-48(2,6-4-7-49(25,3)47(68)78-45-40(35(64)30(59)23(15-54)73-45)76-43-37(66)33(62)28(57)21(13-52)71-43)26(50)9-18(17)19(11-50)69-46-41(77-44-38(67)34(63)29(58)22(14-53)72-44)39(31(60)24(16-55)74-46)75-42-36(65)32(61)27(56)20(12-51)70-42;1-16-10-44-8-5-23-42(2,6-4-7-43(23,3)41(59)67-39-34(58)31(55)27(51)21(14-47)63-39)24(44)9-17(16)18(11-44)60-40-36(66-38-33(57)30(54)26(50)20(13-46)62-38)35(28(52)22(15-48)64-40)65-37-32(56)29(53)25(49)19(12-45)61-37/h18-46,51-67H,1,4-16H2,2-3H3;17-40,45-58H,1,4-15H2,2-3H3/t18-,19?,20+,21+,22+,23+,24+,25-,26-,27+,28+,29+,30+,31+,32-,33-,34-,35-,36+,37+,38+,39-,40+,41+,42-,43-,44-,45-,46+,48+,49+,50+;17-,18?,19+,20+,21+,22+,23-,24-,25+,26+,27+,28+,29-,30-,31-,32+,33+,34+,35-,36+,37-,38-,39-,40+,42+,43+,44+/m00/s1. The third kappa shape index (κ3) is 20.5. The maximum absolute atomic E-state index is 14.9. The van der Waals surface area contributed by atoms with E-state index in [1.165, 1.54) is 0 Å². The fourth-order valence-corrected chi connectivity index (χ4v) is 28.2. The molecular formula is C94H150O51. The van der Waals surface area contributed by atoms with Crippen molar-refractivity contribution in [2.24, 2.45) is 68.0 Å². The molecule has 19 rings (SSSR count). The molecule has 0 aromatic heterocycles. The highest BCUT2D eigenvalue weighted by Gasteiger charge is 2.72. The van der Waals surface area contributed by atoms with Crippen LogP contribution in [0.3, 0.4) is 0 Å². The molecule has 0 amide bonds. The van der Waals surface area contributed by atoms with Gasteiger partial charge in [-0.3, -0.25) is 9.59 Å². The van der Waals surface area contributed by atoms with E-state index in [9.17, 15) is 168 Å². The molecule has 51 nitrogen and oxygen atoms in total. The number of aliphatic hydroxyl groups excluding tert-OH is 31. The summed E-state index contributed by atoms with van der Waals surface area (Å²) in [4.78, 5) is 29.2. The van der Waals surface area contributed by atoms with Crippen LogP contribution in [0.4, 0.5) is 0 Å². The first-order valence-corrected chi connectivity index (χ1v) is 50.3. The van der Waals surface area contributed by atoms with Gasteiger partial charge in [-0.15, -0.1) is 0 Å². The lowest BCUT2D eigenvalue weighted by atomic mass is 9.36. The summed E-state index contributed by atoms with van der Waals surface area (Å²) in [5.41, 5.74) is -2.38. The third-order valence-electron chi connectivity index (χ3n) is 36.2. The molecule has 51 heteroatoms. The Bertz CT molecular complexity index is 4320. The minimum atomic E-state index is -1.98. The number of hydrogen-bond acceptors (Lipinski definition) is 51. The van der Waals surface area contributed by atoms with Crippen molar-refractivity contribution in [2.75, 3.05) is 59.5 Å². The molecule has 0 aromatic carbocycles. The van der Waals surface area contributed by atoms with Gasteiger partial charge in [-0.2, -0.15) is 0 Å². The molecule has 145 heavy (non-hydrogen) atoms. The molecule has 19 fully saturated rings. The van der Waals surface area contributed by atoms with Crippen molar-refractivity contribution in [3.8, 4) is 0 Å². The highest BCUT2D eigenvalue weighted by molar-refractivity contribution is 5.78. The number of aliphatic hydroxyl groups is 31. The summed E-state index contributed by atoms with van der Waals surface area (Å²) in [6, 6.07) is 0. The van der Waals surface area contributed by atoms with Crippen LogP contribution in [0.1, 0.15) is 130 Å². The summed E-state index contributed by atoms with van der Waals surface area (Å²) in [5, 5.41) is 328. The monoisotopic (exact) mass is 2090 g/mol. The SMILES string of the molecule is C=C1C[C@@]23CC[C@H]4[C@@](C)(CCC[C@@]4(C)C(=O)O[C@@H]4O[C@H](CO)[C@@H](O)[C@H](O)[C@H]4O)[C@@H]2C[C@@H]1C(O[C@@H]1O[C@H](CO)[C@@H](O)[C@H](O[C@@H]2O[C@H](CO)[C@@H](O)[C@H](O)[C@H]2O)[C@H]1O[C@@H]1O[C@H](CO)[C@@H](O)[C@H](O)[C@H]1O)C3.C=C1C[C@@]23CC[C@H]4[C@@](C)(CCC[C@@]4(C)C(=O)O[C@@H]4O[C@H](CO)[C@@H](O)[C@H](O)[C@H]4O[C@@H]4O[C@H](CO)[C@@H](O)[C@H](O)[C@H]4O)[C@@H]2C[C@@H]1C(O[C@@H]1O[C@H](CO)[C@@H](O)[C@H](O[C@@H]2O[C@H](CO)[C@@H](O)[C@H](O)[C@H]2O)[C@H]1O[C@@H]1O[C@H](CO)[C@@H](O)[C@H](O)[C@H]1O)C3. The Labute approximate surface area is 832 Å². The van der Waals surface area contributed by atoms with Gasteiger partial charge in [-0.05, 0) is 149 Å². The third-order valence-corrected chi connectivity index (χ3v) is 36.2. The van der Waals surface area contributed by atoms with E-state index in [-0.39, 0.29) is 29.6 Å². The van der Waals surface area contributed by atoms with Crippen LogP contribution in [0.15, 0.2) is 24.3 Å². The molecule has 31 N–H and O–H groups in total. The van der Waals surface area contributed by atoms with Gasteiger partial charge >= 0.3 is 11.9 Å². The van der Waals surface area contributed by atoms with Crippen LogP contribution in [0.5, 0.6) is 0 Å². The van der Waals surface area contributed by atoms with Gasteiger partial charge < -0.3 is 244 Å². The van der Waals surface area contributed by atoms with Crippen molar-refractivity contribution in [2.45, 2.75) is 419 Å². The Balaban J connectivity index is 0.000000210. The first kappa shape index (κ1) is 114. The number of hydrogen-bond donors (Lipinski definition) is 31. The summed E-state index contributed by atoms with van der Waals surface area (Å²) in [7, 11) is 0. The topological polar surface area (TPSA) is 827 Å². The number of fused-ring (bicyclic) bond motifs is 6. The van der Waals surface area contributed by atoms with Crippen LogP contribution in [-0.4, -0.2) is 518 Å². The molecule has 2 unspecified atom stereocenters. The van der Waals surface area contributed by atoms with Crippen LogP contribution in [0.25, 0.3) is 0 Å². The van der Waals surface area contributed by atoms with Gasteiger partial charge in [-0.1, -0.05) is 51.0 Å². The second-order valence-electron chi connectivity index (χ2n) is 44.3. The number of carbonyl (C=O) groups is 2. The van der Waals surface area contributed by atoms with E-state index in [0.29, 0.717) is 96.3 Å². The van der Waals surface area contributed by atoms with Crippen LogP contribution in [0.2, 0.25) is 0 Å². The van der Waals surface area contributed by atoms with E-state index in [1.54, 1.807) is 6.92 Å². The molecule has 4 bridgehead atoms. The second-order valence-corrected chi connectivity index (χ2v) is 44.3. The molecule has 19 aliphatic rings. The van der Waals surface area contributed by atoms with Crippen molar-refractivity contribution in [1.29, 1.82) is 0 Å². The molecule has 10 aliphatic carbocycles. The smallest absolute Gasteiger partial charge is 0.314 e. The average Bonchev–Trinajstić information content (AvgIpc) is 0.689. The van der Waals surface area contributed by atoms with E-state index in [2.05, 4.69) is 27.0 Å². The molecule has 832 valence electrons. The molecule has 9 aliphatic heterocycles. The van der Waals surface area contributed by atoms with Gasteiger partial charge in [-0.25, -0.2) is 0 Å². The Morgan fingerprint density at radius 3 is 0.807 bits per heavy atom. The molecule has 59 atom stereocenters. The van der Waals surface area contributed by atoms with E-state index in [1.807, 2.05) is 6.92 Å². The second kappa shape index (κ2) is 45.0. The first-order chi connectivity index (χ1) is 68.6. The van der Waals surface area contributed by atoms with E-state index in [4.69, 9.17) is 85.3 Å². The summed E-state index contributed by atoms with van der Waals surface area (Å²) >= 11 is 0. The van der Waals surface area contributed by atoms with E-state index < -0.39 is 398 Å². The molecule has 10 saturated carbocycles. The molecule has 9 saturated heterocycles. The maximum atomic E-state index is 14.9. The van der Waals surface area contributed by atoms with Crippen molar-refractivity contribution in [3.05, 3.63) is 24.3 Å². The lowest BCUT2D eigenvalue weighted by Crippen LogP contribution is -2.68. The first-order valence-electron chi connectivity index (χ1n) is 50.3. The fourth-order valence-electron chi connectivity index (χ4n) is 28.2. The quantitative estimate of drug-likeness (QED) is 0.0206. The zero-order chi connectivity index (χ0) is 105. The zero-order valence-electron chi connectivity index (χ0n) is 80.7. The van der Waals surface area contributed by atoms with Gasteiger partial charge in [0.15, 0.2) is 50.1 Å². The van der Waals surface area contributed by atoms with E-state index >= 15 is 0 Å². The molecule has 0 aromatic rings. The Morgan fingerprint density at radius 1 is 0.269 bits per heavy atom. The van der Waals surface area contributed by atoms with Crippen LogP contribution in [0, 0.1) is 68.0 Å². The normalized spacial score (nSPS) is 54.5. The van der Waals surface area contributed by atoms with Crippen LogP contribution < -0.4 is 0 Å². The van der Waals surface area contributed by atoms with Crippen LogP contribution in [-0.2, 0) is 94.9 Å². The minimum Gasteiger partial charge on any atom is -0.432 e. The summed E-state index contributed by atoms with van der Waals surface area (Å²) in [6.45, 7) is 9.71. The number of ether oxygens (including phenoxy) is 18. The van der Waals surface area contributed by atoms with Crippen molar-refractivity contribution < 1.29 is 253 Å². The lowest BCUT2D eigenvalue weighted by Gasteiger charge is -2.69. The summed E-state index contributed by atoms with van der Waals surface area (Å²) < 4.78 is 108. The zero-order valence-corrected chi connectivity index (χ0v) is 80.7. The molecule has 9 heterocycles. The molecule has 2 spiro atoms. The Hall–Kier alpha value is -3.46. The van der Waals surface area contributed by atoms with Crippen molar-refractivity contribution in [3.63, 3.8) is 0 Å². The van der Waals surface area contributed by atoms with Crippen LogP contribution >= 0.6 is 0 Å². The van der Waals surface area contributed by atoms with E-state index in [0.717, 1.165) is 17.6 Å². The fraction of sp³-hybridized carbons (Fsp3) is 0.936. The highest BCUT2D eigenvalue weighted by Crippen LogP contribution is 2.75. The number of rotatable bonds is 27. The largest absolute Gasteiger partial charge is 0.432 e. The van der Waals surface area contributed by atoms with Gasteiger partial charge in [0.2, 0.25) is 12.6 Å². The van der Waals surface area contributed by atoms with Crippen molar-refractivity contribution in [1.82, 2.24) is 0 Å². The average molecular weight is 2100 g/mol. The minimum absolute atomic E-state index is 0.0384. The van der Waals surface area contributed by atoms with Gasteiger partial charge in [0.05, 0.1) is 82.5 Å². The Kier molecular flexibility index (Phi) is 35.4. The predicted octanol–water partition coefficient (Wildman–Crippen LogP) is -12.7. The molecule has 0 radical (unpaired) electrons. The van der Waals surface area contributed by atoms with Gasteiger partial charge in [0, 0.05) is 11.8 Å².